The van der Waals surface area contributed by atoms with E-state index in [-0.39, 0.29) is 18.2 Å². The lowest BCUT2D eigenvalue weighted by Crippen LogP contribution is -2.37. The Morgan fingerprint density at radius 1 is 1.06 bits per heavy atom. The summed E-state index contributed by atoms with van der Waals surface area (Å²) in [5, 5.41) is 2.73. The Labute approximate surface area is 107 Å². The van der Waals surface area contributed by atoms with Crippen LogP contribution in [-0.2, 0) is 9.59 Å². The molecule has 0 aromatic heterocycles. The zero-order chi connectivity index (χ0) is 12.8. The van der Waals surface area contributed by atoms with Gasteiger partial charge in [0.2, 0.25) is 11.8 Å². The third-order valence-electron chi connectivity index (χ3n) is 3.08. The maximum absolute atomic E-state index is 11.9. The summed E-state index contributed by atoms with van der Waals surface area (Å²) in [6.45, 7) is 1.58. The summed E-state index contributed by atoms with van der Waals surface area (Å²) >= 11 is 0. The minimum Gasteiger partial charge on any atom is -0.342 e. The van der Waals surface area contributed by atoms with Crippen LogP contribution in [0, 0.1) is 0 Å². The number of para-hydroxylation sites is 1. The monoisotopic (exact) mass is 246 g/mol. The maximum Gasteiger partial charge on any atom is 0.233 e. The van der Waals surface area contributed by atoms with Crippen LogP contribution in [0.5, 0.6) is 0 Å². The Hall–Kier alpha value is -1.84. The van der Waals surface area contributed by atoms with Crippen molar-refractivity contribution in [3.63, 3.8) is 0 Å². The highest BCUT2D eigenvalue weighted by Crippen LogP contribution is 2.11. The van der Waals surface area contributed by atoms with E-state index in [1.165, 1.54) is 6.42 Å². The highest BCUT2D eigenvalue weighted by Gasteiger charge is 2.19. The molecule has 0 spiro atoms. The number of nitrogens with zero attached hydrogens (tertiary/aromatic N) is 1. The first kappa shape index (κ1) is 12.6. The molecule has 0 saturated carbocycles. The van der Waals surface area contributed by atoms with E-state index in [0.29, 0.717) is 0 Å². The van der Waals surface area contributed by atoms with Gasteiger partial charge in [-0.3, -0.25) is 9.59 Å². The largest absolute Gasteiger partial charge is 0.342 e. The number of rotatable bonds is 3. The van der Waals surface area contributed by atoms with Crippen molar-refractivity contribution in [1.82, 2.24) is 4.90 Å². The van der Waals surface area contributed by atoms with Crippen LogP contribution in [0.15, 0.2) is 30.3 Å². The number of benzene rings is 1. The second-order valence-corrected chi connectivity index (χ2v) is 4.53. The summed E-state index contributed by atoms with van der Waals surface area (Å²) < 4.78 is 0. The molecule has 4 heteroatoms. The SMILES string of the molecule is O=C(CC(=O)N1CCCCC1)Nc1ccccc1. The molecule has 1 aliphatic rings. The average molecular weight is 246 g/mol. The molecule has 1 saturated heterocycles. The summed E-state index contributed by atoms with van der Waals surface area (Å²) in [6, 6.07) is 9.20. The maximum atomic E-state index is 11.9. The van der Waals surface area contributed by atoms with Gasteiger partial charge in [0.05, 0.1) is 0 Å². The molecule has 0 radical (unpaired) electrons. The van der Waals surface area contributed by atoms with E-state index in [9.17, 15) is 9.59 Å². The predicted molar refractivity (Wildman–Crippen MR) is 70.1 cm³/mol. The van der Waals surface area contributed by atoms with Crippen molar-refractivity contribution < 1.29 is 9.59 Å². The molecule has 2 rings (SSSR count). The van der Waals surface area contributed by atoms with Gasteiger partial charge in [0.15, 0.2) is 0 Å². The second kappa shape index (κ2) is 6.19. The summed E-state index contributed by atoms with van der Waals surface area (Å²) in [6.07, 6.45) is 3.22. The van der Waals surface area contributed by atoms with Gasteiger partial charge in [0, 0.05) is 18.8 Å². The van der Waals surface area contributed by atoms with Crippen LogP contribution in [0.25, 0.3) is 0 Å². The van der Waals surface area contributed by atoms with E-state index in [2.05, 4.69) is 5.32 Å². The van der Waals surface area contributed by atoms with Gasteiger partial charge < -0.3 is 10.2 Å². The van der Waals surface area contributed by atoms with Gasteiger partial charge in [0.1, 0.15) is 6.42 Å². The normalized spacial score (nSPS) is 15.2. The number of carbonyl (C=O) groups is 2. The van der Waals surface area contributed by atoms with Crippen LogP contribution < -0.4 is 5.32 Å². The first-order chi connectivity index (χ1) is 8.75. The number of anilines is 1. The zero-order valence-electron chi connectivity index (χ0n) is 10.4. The van der Waals surface area contributed by atoms with Crippen molar-refractivity contribution in [3.05, 3.63) is 30.3 Å². The summed E-state index contributed by atoms with van der Waals surface area (Å²) in [5.41, 5.74) is 0.731. The average Bonchev–Trinajstić information content (AvgIpc) is 2.40. The van der Waals surface area contributed by atoms with E-state index in [1.807, 2.05) is 30.3 Å². The number of amides is 2. The highest BCUT2D eigenvalue weighted by atomic mass is 16.2. The number of likely N-dealkylation sites (tertiary alicyclic amines) is 1. The Morgan fingerprint density at radius 3 is 2.39 bits per heavy atom. The molecule has 2 amide bonds. The summed E-state index contributed by atoms with van der Waals surface area (Å²) in [5.74, 6) is -0.306. The lowest BCUT2D eigenvalue weighted by atomic mass is 10.1. The molecule has 0 atom stereocenters. The quantitative estimate of drug-likeness (QED) is 0.830. The summed E-state index contributed by atoms with van der Waals surface area (Å²) in [7, 11) is 0. The fourth-order valence-corrected chi connectivity index (χ4v) is 2.12. The lowest BCUT2D eigenvalue weighted by Gasteiger charge is -2.26. The fourth-order valence-electron chi connectivity index (χ4n) is 2.12. The third-order valence-corrected chi connectivity index (χ3v) is 3.08. The van der Waals surface area contributed by atoms with Gasteiger partial charge in [-0.2, -0.15) is 0 Å². The van der Waals surface area contributed by atoms with Crippen molar-refractivity contribution in [3.8, 4) is 0 Å². The Kier molecular flexibility index (Phi) is 4.34. The molecule has 0 aliphatic carbocycles. The van der Waals surface area contributed by atoms with Gasteiger partial charge in [-0.05, 0) is 31.4 Å². The van der Waals surface area contributed by atoms with Crippen LogP contribution in [0.4, 0.5) is 5.69 Å². The molecule has 96 valence electrons. The third kappa shape index (κ3) is 3.58. The first-order valence-corrected chi connectivity index (χ1v) is 6.38. The molecule has 1 fully saturated rings. The van der Waals surface area contributed by atoms with Crippen molar-refractivity contribution >= 4 is 17.5 Å². The molecular formula is C14H18N2O2. The Morgan fingerprint density at radius 2 is 1.72 bits per heavy atom. The Balaban J connectivity index is 1.82. The van der Waals surface area contributed by atoms with E-state index >= 15 is 0 Å². The van der Waals surface area contributed by atoms with Crippen LogP contribution >= 0.6 is 0 Å². The molecule has 1 aromatic rings. The van der Waals surface area contributed by atoms with Crippen molar-refractivity contribution in [1.29, 1.82) is 0 Å². The van der Waals surface area contributed by atoms with Crippen LogP contribution in [0.1, 0.15) is 25.7 Å². The molecule has 1 heterocycles. The van der Waals surface area contributed by atoms with Gasteiger partial charge in [-0.25, -0.2) is 0 Å². The summed E-state index contributed by atoms with van der Waals surface area (Å²) in [4.78, 5) is 25.4. The van der Waals surface area contributed by atoms with Crippen LogP contribution in [-0.4, -0.2) is 29.8 Å². The number of piperidine rings is 1. The van der Waals surface area contributed by atoms with E-state index in [0.717, 1.165) is 31.6 Å². The van der Waals surface area contributed by atoms with Gasteiger partial charge in [0.25, 0.3) is 0 Å². The Bertz CT molecular complexity index is 411. The predicted octanol–water partition coefficient (Wildman–Crippen LogP) is 2.03. The number of hydrogen-bond donors (Lipinski definition) is 1. The fraction of sp³-hybridized carbons (Fsp3) is 0.429. The number of nitrogens with one attached hydrogen (secondary N) is 1. The smallest absolute Gasteiger partial charge is 0.233 e. The highest BCUT2D eigenvalue weighted by molar-refractivity contribution is 6.03. The number of hydrogen-bond acceptors (Lipinski definition) is 2. The van der Waals surface area contributed by atoms with Crippen LogP contribution in [0.3, 0.4) is 0 Å². The lowest BCUT2D eigenvalue weighted by molar-refractivity contribution is -0.135. The van der Waals surface area contributed by atoms with Gasteiger partial charge in [-0.1, -0.05) is 18.2 Å². The van der Waals surface area contributed by atoms with E-state index in [1.54, 1.807) is 4.90 Å². The molecule has 0 bridgehead atoms. The molecule has 4 nitrogen and oxygen atoms in total. The minimum atomic E-state index is -0.239. The molecular weight excluding hydrogens is 228 g/mol. The number of carbonyl (C=O) groups excluding carboxylic acids is 2. The van der Waals surface area contributed by atoms with Gasteiger partial charge in [-0.15, -0.1) is 0 Å². The molecule has 1 aliphatic heterocycles. The van der Waals surface area contributed by atoms with Crippen molar-refractivity contribution in [2.24, 2.45) is 0 Å². The van der Waals surface area contributed by atoms with E-state index in [4.69, 9.17) is 0 Å². The standard InChI is InChI=1S/C14H18N2O2/c17-13(15-12-7-3-1-4-8-12)11-14(18)16-9-5-2-6-10-16/h1,3-4,7-8H,2,5-6,9-11H2,(H,15,17). The zero-order valence-corrected chi connectivity index (χ0v) is 10.4. The molecule has 1 aromatic carbocycles. The van der Waals surface area contributed by atoms with Crippen LogP contribution in [0.2, 0.25) is 0 Å². The van der Waals surface area contributed by atoms with Crippen molar-refractivity contribution in [2.45, 2.75) is 25.7 Å². The molecule has 18 heavy (non-hydrogen) atoms. The minimum absolute atomic E-state index is 0.0606. The van der Waals surface area contributed by atoms with Gasteiger partial charge >= 0.3 is 0 Å². The van der Waals surface area contributed by atoms with E-state index < -0.39 is 0 Å². The molecule has 1 N–H and O–H groups in total. The topological polar surface area (TPSA) is 49.4 Å². The van der Waals surface area contributed by atoms with Crippen molar-refractivity contribution in [2.75, 3.05) is 18.4 Å². The first-order valence-electron chi connectivity index (χ1n) is 6.38. The molecule has 0 unspecified atom stereocenters. The second-order valence-electron chi connectivity index (χ2n) is 4.53.